The maximum absolute atomic E-state index is 4.89. The van der Waals surface area contributed by atoms with Crippen LogP contribution in [0.5, 0.6) is 0 Å². The molecule has 3 aromatic rings. The van der Waals surface area contributed by atoms with Crippen LogP contribution in [-0.2, 0) is 0 Å². The van der Waals surface area contributed by atoms with Gasteiger partial charge in [0.05, 0.1) is 11.2 Å². The van der Waals surface area contributed by atoms with Crippen molar-refractivity contribution in [3.8, 4) is 11.3 Å². The fourth-order valence-electron chi connectivity index (χ4n) is 3.38. The minimum absolute atomic E-state index is 0.926. The Hall–Kier alpha value is -2.18. The highest BCUT2D eigenvalue weighted by molar-refractivity contribution is 9.10. The number of nitrogens with one attached hydrogen (secondary N) is 1. The molecule has 2 aromatic heterocycles. The summed E-state index contributed by atoms with van der Waals surface area (Å²) in [5.41, 5.74) is 4.10. The average Bonchev–Trinajstić information content (AvgIpc) is 2.64. The summed E-state index contributed by atoms with van der Waals surface area (Å²) in [5, 5.41) is 4.74. The number of hydrogen-bond acceptors (Lipinski definition) is 5. The first-order valence-corrected chi connectivity index (χ1v) is 10.6. The van der Waals surface area contributed by atoms with Gasteiger partial charge in [-0.3, -0.25) is 0 Å². The van der Waals surface area contributed by atoms with Gasteiger partial charge in [0.2, 0.25) is 0 Å². The molecule has 1 aliphatic rings. The van der Waals surface area contributed by atoms with E-state index >= 15 is 0 Å². The Labute approximate surface area is 174 Å². The van der Waals surface area contributed by atoms with Crippen molar-refractivity contribution >= 4 is 38.3 Å². The third-order valence-electron chi connectivity index (χ3n) is 5.09. The number of benzene rings is 1. The molecule has 0 saturated carbocycles. The molecule has 28 heavy (non-hydrogen) atoms. The van der Waals surface area contributed by atoms with Crippen molar-refractivity contribution in [3.63, 3.8) is 0 Å². The molecule has 1 fully saturated rings. The zero-order valence-electron chi connectivity index (χ0n) is 16.5. The smallest absolute Gasteiger partial charge is 0.128 e. The molecule has 6 heteroatoms. The lowest BCUT2D eigenvalue weighted by molar-refractivity contribution is 0.405. The topological polar surface area (TPSA) is 44.3 Å². The van der Waals surface area contributed by atoms with E-state index in [0.717, 1.165) is 70.7 Å². The molecule has 0 atom stereocenters. The third-order valence-corrected chi connectivity index (χ3v) is 5.59. The minimum Gasteiger partial charge on any atom is -0.384 e. The van der Waals surface area contributed by atoms with Crippen molar-refractivity contribution in [3.05, 3.63) is 47.1 Å². The van der Waals surface area contributed by atoms with Crippen molar-refractivity contribution in [2.24, 2.45) is 0 Å². The zero-order valence-corrected chi connectivity index (χ0v) is 18.0. The Bertz CT molecular complexity index is 951. The lowest BCUT2D eigenvalue weighted by atomic mass is 10.1. The molecule has 0 bridgehead atoms. The second-order valence-electron chi connectivity index (χ2n) is 7.55. The van der Waals surface area contributed by atoms with Crippen molar-refractivity contribution < 1.29 is 0 Å². The van der Waals surface area contributed by atoms with Crippen LogP contribution in [0.1, 0.15) is 12.8 Å². The van der Waals surface area contributed by atoms with Crippen molar-refractivity contribution in [2.45, 2.75) is 12.8 Å². The Balaban J connectivity index is 1.63. The summed E-state index contributed by atoms with van der Waals surface area (Å²) in [6.07, 6.45) is 4.29. The summed E-state index contributed by atoms with van der Waals surface area (Å²) >= 11 is 3.59. The van der Waals surface area contributed by atoms with Crippen molar-refractivity contribution in [1.29, 1.82) is 0 Å². The summed E-state index contributed by atoms with van der Waals surface area (Å²) in [6.45, 7) is 4.21. The third kappa shape index (κ3) is 4.28. The van der Waals surface area contributed by atoms with E-state index in [1.165, 1.54) is 6.42 Å². The van der Waals surface area contributed by atoms with Gasteiger partial charge < -0.3 is 15.1 Å². The molecule has 0 amide bonds. The second kappa shape index (κ2) is 8.45. The van der Waals surface area contributed by atoms with Gasteiger partial charge in [0.1, 0.15) is 5.82 Å². The zero-order chi connectivity index (χ0) is 19.5. The van der Waals surface area contributed by atoms with Gasteiger partial charge in [-0.2, -0.15) is 0 Å². The molecule has 0 radical (unpaired) electrons. The first kappa shape index (κ1) is 19.2. The number of fused-ring (bicyclic) bond motifs is 1. The van der Waals surface area contributed by atoms with E-state index in [4.69, 9.17) is 4.98 Å². The fourth-order valence-corrected chi connectivity index (χ4v) is 3.74. The van der Waals surface area contributed by atoms with E-state index in [0.29, 0.717) is 0 Å². The van der Waals surface area contributed by atoms with Gasteiger partial charge in [-0.25, -0.2) is 9.97 Å². The monoisotopic (exact) mass is 439 g/mol. The van der Waals surface area contributed by atoms with Gasteiger partial charge in [0, 0.05) is 46.9 Å². The van der Waals surface area contributed by atoms with Crippen LogP contribution in [0.3, 0.4) is 0 Å². The van der Waals surface area contributed by atoms with Crippen LogP contribution in [0.4, 0.5) is 11.5 Å². The molecule has 3 heterocycles. The normalized spacial score (nSPS) is 13.8. The lowest BCUT2D eigenvalue weighted by Gasteiger charge is -2.31. The Morgan fingerprint density at radius 2 is 2.00 bits per heavy atom. The molecule has 1 aliphatic heterocycles. The molecular weight excluding hydrogens is 414 g/mol. The van der Waals surface area contributed by atoms with Crippen LogP contribution in [-0.4, -0.2) is 55.1 Å². The summed E-state index contributed by atoms with van der Waals surface area (Å²) in [7, 11) is 4.21. The summed E-state index contributed by atoms with van der Waals surface area (Å²) in [4.78, 5) is 14.0. The van der Waals surface area contributed by atoms with Crippen LogP contribution in [0.2, 0.25) is 0 Å². The van der Waals surface area contributed by atoms with Crippen molar-refractivity contribution in [2.75, 3.05) is 50.5 Å². The number of aromatic nitrogens is 2. The van der Waals surface area contributed by atoms with Crippen LogP contribution >= 0.6 is 15.9 Å². The summed E-state index contributed by atoms with van der Waals surface area (Å²) < 4.78 is 1.06. The van der Waals surface area contributed by atoms with Gasteiger partial charge in [-0.15, -0.1) is 0 Å². The highest BCUT2D eigenvalue weighted by atomic mass is 79.9. The largest absolute Gasteiger partial charge is 0.384 e. The lowest BCUT2D eigenvalue weighted by Crippen LogP contribution is -2.37. The van der Waals surface area contributed by atoms with Gasteiger partial charge in [0.25, 0.3) is 0 Å². The number of halogens is 1. The molecule has 0 aliphatic carbocycles. The quantitative estimate of drug-likeness (QED) is 0.543. The Morgan fingerprint density at radius 1 is 1.14 bits per heavy atom. The van der Waals surface area contributed by atoms with E-state index < -0.39 is 0 Å². The van der Waals surface area contributed by atoms with Gasteiger partial charge >= 0.3 is 0 Å². The number of pyridine rings is 2. The number of hydrogen-bond donors (Lipinski definition) is 1. The molecule has 0 unspecified atom stereocenters. The van der Waals surface area contributed by atoms with Gasteiger partial charge in [-0.05, 0) is 69.9 Å². The summed E-state index contributed by atoms with van der Waals surface area (Å²) in [6, 6.07) is 12.6. The van der Waals surface area contributed by atoms with E-state index in [2.05, 4.69) is 80.5 Å². The molecule has 5 nitrogen and oxygen atoms in total. The first-order chi connectivity index (χ1) is 13.6. The molecule has 1 saturated heterocycles. The predicted molar refractivity (Wildman–Crippen MR) is 121 cm³/mol. The number of rotatable bonds is 7. The molecule has 4 rings (SSSR count). The van der Waals surface area contributed by atoms with Crippen LogP contribution in [0, 0.1) is 0 Å². The molecule has 146 valence electrons. The van der Waals surface area contributed by atoms with E-state index in [9.17, 15) is 0 Å². The molecule has 0 spiro atoms. The fraction of sp³-hybridized carbons (Fsp3) is 0.364. The van der Waals surface area contributed by atoms with Gasteiger partial charge in [-0.1, -0.05) is 15.9 Å². The Morgan fingerprint density at radius 3 is 2.68 bits per heavy atom. The van der Waals surface area contributed by atoms with E-state index in [1.807, 2.05) is 12.3 Å². The van der Waals surface area contributed by atoms with Crippen LogP contribution in [0.15, 0.2) is 47.1 Å². The minimum atomic E-state index is 0.926. The standard InChI is InChI=1S/C22H26BrN5/c1-27(2)10-3-9-24-21-14-20(26-19-7-6-17(23)13-18(19)21)16-5-8-22(25-15-16)28-11-4-12-28/h5-8,13-15H,3-4,9-12H2,1-2H3,(H,24,26). The number of nitrogens with zero attached hydrogens (tertiary/aromatic N) is 4. The SMILES string of the molecule is CN(C)CCCNc1cc(-c2ccc(N3CCC3)nc2)nc2ccc(Br)cc12. The van der Waals surface area contributed by atoms with E-state index in [1.54, 1.807) is 0 Å². The second-order valence-corrected chi connectivity index (χ2v) is 8.46. The highest BCUT2D eigenvalue weighted by Gasteiger charge is 2.16. The predicted octanol–water partition coefficient (Wildman–Crippen LogP) is 4.63. The average molecular weight is 440 g/mol. The van der Waals surface area contributed by atoms with Gasteiger partial charge in [0.15, 0.2) is 0 Å². The highest BCUT2D eigenvalue weighted by Crippen LogP contribution is 2.31. The van der Waals surface area contributed by atoms with Crippen LogP contribution in [0.25, 0.3) is 22.2 Å². The number of anilines is 2. The van der Waals surface area contributed by atoms with Crippen LogP contribution < -0.4 is 10.2 Å². The molecular formula is C22H26BrN5. The Kier molecular flexibility index (Phi) is 5.78. The maximum atomic E-state index is 4.89. The van der Waals surface area contributed by atoms with E-state index in [-0.39, 0.29) is 0 Å². The summed E-state index contributed by atoms with van der Waals surface area (Å²) in [5.74, 6) is 1.06. The van der Waals surface area contributed by atoms with Crippen molar-refractivity contribution in [1.82, 2.24) is 14.9 Å². The molecule has 1 aromatic carbocycles. The maximum Gasteiger partial charge on any atom is 0.128 e. The molecule has 1 N–H and O–H groups in total. The first-order valence-electron chi connectivity index (χ1n) is 9.80.